The van der Waals surface area contributed by atoms with Crippen LogP contribution in [0.15, 0.2) is 47.6 Å². The molecule has 0 aromatic heterocycles. The number of amides is 1. The molecule has 124 valence electrons. The molecule has 0 aliphatic rings. The molecule has 7 nitrogen and oxygen atoms in total. The highest BCUT2D eigenvalue weighted by Gasteiger charge is 2.10. The molecule has 0 unspecified atom stereocenters. The van der Waals surface area contributed by atoms with E-state index in [9.17, 15) is 14.9 Å². The molecule has 1 amide bonds. The number of nitro groups is 1. The molecule has 2 aromatic rings. The minimum Gasteiger partial charge on any atom is -0.482 e. The number of nitrogens with one attached hydrogen (secondary N) is 1. The number of para-hydroxylation sites is 1. The van der Waals surface area contributed by atoms with E-state index in [1.165, 1.54) is 24.4 Å². The molecule has 0 saturated heterocycles. The summed E-state index contributed by atoms with van der Waals surface area (Å²) in [5, 5.41) is 15.0. The summed E-state index contributed by atoms with van der Waals surface area (Å²) in [6.07, 6.45) is 1.18. The number of nitrogens with zero attached hydrogens (tertiary/aromatic N) is 2. The number of carbonyl (C=O) groups excluding carboxylic acids is 1. The van der Waals surface area contributed by atoms with Gasteiger partial charge in [0, 0.05) is 6.07 Å². The smallest absolute Gasteiger partial charge is 0.278 e. The molecule has 0 saturated carbocycles. The van der Waals surface area contributed by atoms with Crippen LogP contribution in [0.4, 0.5) is 5.69 Å². The topological polar surface area (TPSA) is 93.8 Å². The highest BCUT2D eigenvalue weighted by molar-refractivity contribution is 6.42. The Morgan fingerprint density at radius 2 is 2.00 bits per heavy atom. The third-order valence-electron chi connectivity index (χ3n) is 2.80. The molecule has 0 aliphatic heterocycles. The van der Waals surface area contributed by atoms with Crippen molar-refractivity contribution in [3.63, 3.8) is 0 Å². The maximum absolute atomic E-state index is 11.7. The Balaban J connectivity index is 1.92. The normalized spacial score (nSPS) is 10.6. The van der Waals surface area contributed by atoms with Crippen LogP contribution in [0.3, 0.4) is 0 Å². The van der Waals surface area contributed by atoms with Crippen molar-refractivity contribution in [2.45, 2.75) is 0 Å². The molecular formula is C15H11Cl2N3O4. The van der Waals surface area contributed by atoms with E-state index in [-0.39, 0.29) is 28.6 Å². The van der Waals surface area contributed by atoms with Gasteiger partial charge in [-0.15, -0.1) is 0 Å². The van der Waals surface area contributed by atoms with Gasteiger partial charge in [-0.1, -0.05) is 41.4 Å². The fourth-order valence-electron chi connectivity index (χ4n) is 1.71. The Hall–Kier alpha value is -2.64. The molecule has 0 bridgehead atoms. The number of ether oxygens (including phenoxy) is 1. The first-order valence-corrected chi connectivity index (χ1v) is 7.36. The molecule has 9 heteroatoms. The second kappa shape index (κ2) is 8.28. The summed E-state index contributed by atoms with van der Waals surface area (Å²) in [5.41, 5.74) is 2.36. The lowest BCUT2D eigenvalue weighted by Gasteiger charge is -2.07. The second-order valence-electron chi connectivity index (χ2n) is 4.45. The van der Waals surface area contributed by atoms with Crippen LogP contribution in [-0.4, -0.2) is 23.7 Å². The molecule has 24 heavy (non-hydrogen) atoms. The highest BCUT2D eigenvalue weighted by Crippen LogP contribution is 2.31. The van der Waals surface area contributed by atoms with Crippen LogP contribution in [0.1, 0.15) is 5.56 Å². The third-order valence-corrected chi connectivity index (χ3v) is 3.60. The van der Waals surface area contributed by atoms with Crippen molar-refractivity contribution in [3.05, 3.63) is 68.2 Å². The number of carbonyl (C=O) groups is 1. The first-order valence-electron chi connectivity index (χ1n) is 6.61. The zero-order valence-corrected chi connectivity index (χ0v) is 13.6. The average Bonchev–Trinajstić information content (AvgIpc) is 2.56. The van der Waals surface area contributed by atoms with E-state index in [1.807, 2.05) is 0 Å². The lowest BCUT2D eigenvalue weighted by molar-refractivity contribution is -0.385. The summed E-state index contributed by atoms with van der Waals surface area (Å²) in [6, 6.07) is 10.8. The third kappa shape index (κ3) is 4.68. The highest BCUT2D eigenvalue weighted by atomic mass is 35.5. The SMILES string of the molecule is O=C(COc1cccc(Cl)c1Cl)NN=Cc1ccccc1[N+](=O)[O-]. The van der Waals surface area contributed by atoms with E-state index in [0.717, 1.165) is 0 Å². The van der Waals surface area contributed by atoms with Gasteiger partial charge in [0.05, 0.1) is 21.7 Å². The minimum absolute atomic E-state index is 0.113. The van der Waals surface area contributed by atoms with Crippen molar-refractivity contribution >= 4 is 41.0 Å². The molecule has 2 rings (SSSR count). The van der Waals surface area contributed by atoms with Gasteiger partial charge in [0.25, 0.3) is 11.6 Å². The molecule has 1 N–H and O–H groups in total. The largest absolute Gasteiger partial charge is 0.482 e. The van der Waals surface area contributed by atoms with E-state index in [1.54, 1.807) is 24.3 Å². The Kier molecular flexibility index (Phi) is 6.11. The first kappa shape index (κ1) is 17.7. The van der Waals surface area contributed by atoms with Gasteiger partial charge in [0.15, 0.2) is 6.61 Å². The summed E-state index contributed by atoms with van der Waals surface area (Å²) in [7, 11) is 0. The monoisotopic (exact) mass is 367 g/mol. The number of benzene rings is 2. The van der Waals surface area contributed by atoms with Gasteiger partial charge in [0.1, 0.15) is 10.8 Å². The summed E-state index contributed by atoms with van der Waals surface area (Å²) in [5.74, 6) is -0.289. The standard InChI is InChI=1S/C15H11Cl2N3O4/c16-11-5-3-7-13(15(11)17)24-9-14(21)19-18-8-10-4-1-2-6-12(10)20(22)23/h1-8H,9H2,(H,19,21). The number of rotatable bonds is 6. The van der Waals surface area contributed by atoms with Crippen LogP contribution >= 0.6 is 23.2 Å². The predicted octanol–water partition coefficient (Wildman–Crippen LogP) is 3.43. The molecule has 0 radical (unpaired) electrons. The average molecular weight is 368 g/mol. The Labute approximate surface area is 147 Å². The van der Waals surface area contributed by atoms with Crippen molar-refractivity contribution in [3.8, 4) is 5.75 Å². The Morgan fingerprint density at radius 1 is 1.25 bits per heavy atom. The van der Waals surface area contributed by atoms with Crippen LogP contribution < -0.4 is 10.2 Å². The van der Waals surface area contributed by atoms with Crippen molar-refractivity contribution in [1.82, 2.24) is 5.43 Å². The predicted molar refractivity (Wildman–Crippen MR) is 90.8 cm³/mol. The molecule has 0 fully saturated rings. The van der Waals surface area contributed by atoms with Gasteiger partial charge in [-0.3, -0.25) is 14.9 Å². The number of nitro benzene ring substituents is 1. The lowest BCUT2D eigenvalue weighted by atomic mass is 10.2. The van der Waals surface area contributed by atoms with Gasteiger partial charge in [-0.2, -0.15) is 5.10 Å². The van der Waals surface area contributed by atoms with E-state index < -0.39 is 10.8 Å². The molecule has 2 aromatic carbocycles. The Bertz CT molecular complexity index is 796. The summed E-state index contributed by atoms with van der Waals surface area (Å²) >= 11 is 11.8. The number of hydrazone groups is 1. The molecule has 0 heterocycles. The minimum atomic E-state index is -0.555. The fourth-order valence-corrected chi connectivity index (χ4v) is 2.05. The number of hydrogen-bond donors (Lipinski definition) is 1. The Morgan fingerprint density at radius 3 is 2.75 bits per heavy atom. The van der Waals surface area contributed by atoms with Crippen molar-refractivity contribution in [2.75, 3.05) is 6.61 Å². The van der Waals surface area contributed by atoms with Gasteiger partial charge in [-0.25, -0.2) is 5.43 Å². The summed E-state index contributed by atoms with van der Waals surface area (Å²) < 4.78 is 5.23. The molecular weight excluding hydrogens is 357 g/mol. The maximum atomic E-state index is 11.7. The van der Waals surface area contributed by atoms with E-state index in [4.69, 9.17) is 27.9 Å². The van der Waals surface area contributed by atoms with E-state index in [0.29, 0.717) is 5.02 Å². The van der Waals surface area contributed by atoms with Gasteiger partial charge in [-0.05, 0) is 18.2 Å². The molecule has 0 spiro atoms. The summed E-state index contributed by atoms with van der Waals surface area (Å²) in [4.78, 5) is 22.0. The van der Waals surface area contributed by atoms with Crippen molar-refractivity contribution < 1.29 is 14.5 Å². The van der Waals surface area contributed by atoms with Crippen LogP contribution in [0, 0.1) is 10.1 Å². The van der Waals surface area contributed by atoms with E-state index >= 15 is 0 Å². The van der Waals surface area contributed by atoms with Crippen molar-refractivity contribution in [1.29, 1.82) is 0 Å². The van der Waals surface area contributed by atoms with E-state index in [2.05, 4.69) is 10.5 Å². The lowest BCUT2D eigenvalue weighted by Crippen LogP contribution is -2.24. The van der Waals surface area contributed by atoms with Crippen LogP contribution in [0.25, 0.3) is 0 Å². The molecule has 0 aliphatic carbocycles. The number of halogens is 2. The molecule has 0 atom stereocenters. The van der Waals surface area contributed by atoms with Gasteiger partial charge in [0.2, 0.25) is 0 Å². The van der Waals surface area contributed by atoms with Crippen LogP contribution in [0.5, 0.6) is 5.75 Å². The van der Waals surface area contributed by atoms with Crippen molar-refractivity contribution in [2.24, 2.45) is 5.10 Å². The van der Waals surface area contributed by atoms with Crippen LogP contribution in [0.2, 0.25) is 10.0 Å². The fraction of sp³-hybridized carbons (Fsp3) is 0.0667. The van der Waals surface area contributed by atoms with Gasteiger partial charge >= 0.3 is 0 Å². The maximum Gasteiger partial charge on any atom is 0.278 e. The van der Waals surface area contributed by atoms with Gasteiger partial charge < -0.3 is 4.74 Å². The summed E-state index contributed by atoms with van der Waals surface area (Å²) in [6.45, 7) is -0.339. The number of hydrogen-bond acceptors (Lipinski definition) is 5. The first-order chi connectivity index (χ1) is 11.5. The second-order valence-corrected chi connectivity index (χ2v) is 5.23. The zero-order valence-electron chi connectivity index (χ0n) is 12.1. The zero-order chi connectivity index (χ0) is 17.5. The quantitative estimate of drug-likeness (QED) is 0.480. The van der Waals surface area contributed by atoms with Crippen LogP contribution in [-0.2, 0) is 4.79 Å².